The summed E-state index contributed by atoms with van der Waals surface area (Å²) in [7, 11) is 0. The summed E-state index contributed by atoms with van der Waals surface area (Å²) in [5, 5.41) is 82.6. The zero-order valence-electron chi connectivity index (χ0n) is 71.9. The van der Waals surface area contributed by atoms with E-state index in [1.807, 2.05) is 122 Å². The maximum Gasteiger partial charge on any atom is 0.274 e. The molecule has 0 N–H and O–H groups in total. The summed E-state index contributed by atoms with van der Waals surface area (Å²) in [6.07, 6.45) is 8.11. The number of benzene rings is 10. The van der Waals surface area contributed by atoms with E-state index in [4.69, 9.17) is 26.3 Å². The van der Waals surface area contributed by atoms with Crippen LogP contribution in [-0.4, -0.2) is 73.8 Å². The van der Waals surface area contributed by atoms with Gasteiger partial charge in [0.1, 0.15) is 40.2 Å². The summed E-state index contributed by atoms with van der Waals surface area (Å²) in [5.41, 5.74) is 12.2. The Bertz CT molecular complexity index is 8400. The van der Waals surface area contributed by atoms with Crippen molar-refractivity contribution in [3.63, 3.8) is 0 Å². The van der Waals surface area contributed by atoms with Gasteiger partial charge in [0, 0.05) is 80.3 Å². The Balaban J connectivity index is 0.000000123. The molecule has 136 heavy (non-hydrogen) atoms. The average Bonchev–Trinajstić information content (AvgIpc) is 0.789. The first-order valence-corrected chi connectivity index (χ1v) is 41.9. The van der Waals surface area contributed by atoms with Crippen LogP contribution in [0, 0.1) is 92.8 Å². The quantitative estimate of drug-likeness (QED) is 0.0860. The van der Waals surface area contributed by atoms with Gasteiger partial charge in [0.15, 0.2) is 0 Å². The van der Waals surface area contributed by atoms with Crippen LogP contribution < -0.4 is 27.8 Å². The molecule has 10 heterocycles. The number of nitrogens with zero attached hydrogens (tertiary/aromatic N) is 21. The Morgan fingerprint density at radius 3 is 0.853 bits per heavy atom. The lowest BCUT2D eigenvalue weighted by molar-refractivity contribution is 0.514. The first kappa shape index (κ1) is 89.8. The second kappa shape index (κ2) is 41.2. The number of pyridine rings is 5. The molecule has 0 unspecified atom stereocenters. The average molecular weight is 1780 g/mol. The van der Waals surface area contributed by atoms with Crippen LogP contribution in [0.25, 0.3) is 110 Å². The van der Waals surface area contributed by atoms with Gasteiger partial charge in [0.25, 0.3) is 27.8 Å². The molecule has 0 saturated heterocycles. The van der Waals surface area contributed by atoms with E-state index in [1.165, 1.54) is 35.7 Å². The third-order valence-corrected chi connectivity index (χ3v) is 21.9. The lowest BCUT2D eigenvalue weighted by atomic mass is 10.0. The van der Waals surface area contributed by atoms with Crippen LogP contribution >= 0.6 is 0 Å². The first-order chi connectivity index (χ1) is 66.4. The predicted octanol–water partition coefficient (Wildman–Crippen LogP) is 17.5. The molecule has 0 aliphatic rings. The van der Waals surface area contributed by atoms with Crippen molar-refractivity contribution in [3.05, 3.63) is 471 Å². The van der Waals surface area contributed by atoms with Gasteiger partial charge in [0.2, 0.25) is 17.8 Å². The first-order valence-electron chi connectivity index (χ1n) is 41.9. The van der Waals surface area contributed by atoms with Gasteiger partial charge in [-0.05, 0) is 186 Å². The van der Waals surface area contributed by atoms with Gasteiger partial charge in [-0.1, -0.05) is 152 Å². The summed E-state index contributed by atoms with van der Waals surface area (Å²) in [6.45, 7) is 3.21. The minimum Gasteiger partial charge on any atom is -0.267 e. The third-order valence-electron chi connectivity index (χ3n) is 21.9. The summed E-state index contributed by atoms with van der Waals surface area (Å²) in [4.78, 5) is 84.1. The molecule has 0 bridgehead atoms. The molecule has 0 amide bonds. The van der Waals surface area contributed by atoms with Gasteiger partial charge in [-0.3, -0.25) is 33.9 Å². The Labute approximate surface area is 771 Å². The SMILES string of the molecule is Cc1ncccc1-c1nn(Cc2ccc(C#N)cc2)c(=O)c2ccccc12.N#Cc1ccc(Cn2nc(-c3ccc(F)nc3F)c3ccccc3c2=O)cc1.N#Cc1ccc(Cn2nc(-c3cccnc3)c3ccccc3c2=O)cc1.N#Cc1ccc(Cn2nc(-c3cccnc3C#N)c3ccccc3c2=O)cc1.N#Cc1ccc(Cn2nc(-c3cccnc3F)c3ccccc3c2=O)cc1. The van der Waals surface area contributed by atoms with Crippen molar-refractivity contribution in [2.24, 2.45) is 0 Å². The van der Waals surface area contributed by atoms with E-state index in [2.05, 4.69) is 80.8 Å². The number of aromatic nitrogens is 15. The fraction of sp³-hybridized carbons (Fsp3) is 0.0561. The largest absolute Gasteiger partial charge is 0.274 e. The van der Waals surface area contributed by atoms with Gasteiger partial charge in [-0.15, -0.1) is 0 Å². The maximum absolute atomic E-state index is 14.3. The van der Waals surface area contributed by atoms with Crippen molar-refractivity contribution in [3.8, 4) is 92.7 Å². The molecule has 652 valence electrons. The number of hydrogen-bond donors (Lipinski definition) is 0. The molecule has 0 fully saturated rings. The van der Waals surface area contributed by atoms with Crippen LogP contribution in [0.15, 0.2) is 358 Å². The molecule has 0 atom stereocenters. The molecule has 10 aromatic carbocycles. The second-order valence-corrected chi connectivity index (χ2v) is 30.5. The van der Waals surface area contributed by atoms with Crippen molar-refractivity contribution in [2.75, 3.05) is 0 Å². The van der Waals surface area contributed by atoms with E-state index in [9.17, 15) is 42.4 Å². The summed E-state index contributed by atoms with van der Waals surface area (Å²) < 4.78 is 48.7. The minimum absolute atomic E-state index is 0.00572. The summed E-state index contributed by atoms with van der Waals surface area (Å²) in [5.74, 6) is -2.57. The molecule has 0 aliphatic carbocycles. The van der Waals surface area contributed by atoms with E-state index in [0.717, 1.165) is 72.9 Å². The number of hydrogen-bond acceptors (Lipinski definition) is 21. The smallest absolute Gasteiger partial charge is 0.267 e. The topological polar surface area (TPSA) is 382 Å². The lowest BCUT2D eigenvalue weighted by Gasteiger charge is -2.12. The van der Waals surface area contributed by atoms with E-state index in [0.29, 0.717) is 101 Å². The highest BCUT2D eigenvalue weighted by atomic mass is 19.1. The highest BCUT2D eigenvalue weighted by Crippen LogP contribution is 2.33. The highest BCUT2D eigenvalue weighted by Gasteiger charge is 2.23. The van der Waals surface area contributed by atoms with Crippen molar-refractivity contribution >= 4 is 53.9 Å². The van der Waals surface area contributed by atoms with Gasteiger partial charge < -0.3 is 0 Å². The Hall–Kier alpha value is -19.6. The van der Waals surface area contributed by atoms with Gasteiger partial charge >= 0.3 is 0 Å². The Kier molecular flexibility index (Phi) is 27.2. The number of rotatable bonds is 15. The summed E-state index contributed by atoms with van der Waals surface area (Å²) >= 11 is 0. The van der Waals surface area contributed by atoms with E-state index < -0.39 is 17.8 Å². The van der Waals surface area contributed by atoms with E-state index >= 15 is 0 Å². The van der Waals surface area contributed by atoms with Crippen LogP contribution in [-0.2, 0) is 32.7 Å². The second-order valence-electron chi connectivity index (χ2n) is 30.5. The van der Waals surface area contributed by atoms with Crippen molar-refractivity contribution in [2.45, 2.75) is 39.6 Å². The van der Waals surface area contributed by atoms with Crippen LogP contribution in [0.5, 0.6) is 0 Å². The number of nitriles is 6. The predicted molar refractivity (Wildman–Crippen MR) is 507 cm³/mol. The highest BCUT2D eigenvalue weighted by molar-refractivity contribution is 5.98. The number of fused-ring (bicyclic) bond motifs is 5. The monoisotopic (exact) mass is 1780 g/mol. The molecule has 0 saturated carbocycles. The third kappa shape index (κ3) is 20.0. The molecular weight excluding hydrogens is 1720 g/mol. The molecule has 0 spiro atoms. The van der Waals surface area contributed by atoms with Gasteiger partial charge in [0.05, 0.1) is 129 Å². The zero-order valence-corrected chi connectivity index (χ0v) is 71.9. The van der Waals surface area contributed by atoms with Crippen LogP contribution in [0.3, 0.4) is 0 Å². The molecular formula is C107H68F3N21O5. The standard InChI is InChI=1S/C22H13N5O.C22H16N4O.C21H12F2N4O.C21H13FN4O.C21H14N4O/c23-12-15-7-9-16(10-8-15)14-27-22(28)18-5-2-1-4-17(18)21(26-27)19-6-3-11-25-20(19)13-24;1-15-18(7-4-12-24-15)21-19-5-2-3-6-20(19)22(27)26(25-21)14-17-10-8-16(13-23)9-11-17;22-18-10-9-17(20(23)25-18)19-15-3-1-2-4-16(15)21(28)27(26-19)12-14-7-5-13(11-24)6-8-14;22-20-18(6-3-11-24-20)19-16-4-1-2-5-17(16)21(27)26(25-19)13-15-9-7-14(12-23)8-10-15;22-12-15-7-9-16(10-8-15)14-25-21(26)19-6-2-1-5-18(19)20(24-25)17-4-3-11-23-13-17/h1-11H,14H2;2-12H,14H2,1H3;1-10H,12H2;1-11H,13H2;1-11,13H,14H2. The molecule has 10 aromatic heterocycles. The zero-order chi connectivity index (χ0) is 94.7. The number of aryl methyl sites for hydroxylation is 1. The molecule has 0 radical (unpaired) electrons. The van der Waals surface area contributed by atoms with Crippen molar-refractivity contribution in [1.29, 1.82) is 31.6 Å². The molecule has 0 aliphatic heterocycles. The van der Waals surface area contributed by atoms with Gasteiger partial charge in [-0.25, -0.2) is 33.4 Å². The molecule has 20 aromatic rings. The van der Waals surface area contributed by atoms with E-state index in [-0.39, 0.29) is 69.9 Å². The molecule has 29 heteroatoms. The maximum atomic E-state index is 14.3. The van der Waals surface area contributed by atoms with E-state index in [1.54, 1.807) is 207 Å². The van der Waals surface area contributed by atoms with Crippen molar-refractivity contribution < 1.29 is 13.2 Å². The fourth-order valence-corrected chi connectivity index (χ4v) is 15.1. The number of halogens is 3. The lowest BCUT2D eigenvalue weighted by Crippen LogP contribution is -2.24. The molecule has 26 nitrogen and oxygen atoms in total. The Morgan fingerprint density at radius 1 is 0.265 bits per heavy atom. The van der Waals surface area contributed by atoms with Gasteiger partial charge in [-0.2, -0.15) is 75.2 Å². The van der Waals surface area contributed by atoms with Crippen molar-refractivity contribution in [1.82, 2.24) is 73.8 Å². The molecule has 20 rings (SSSR count). The summed E-state index contributed by atoms with van der Waals surface area (Å²) in [6, 6.07) is 99.9. The Morgan fingerprint density at radius 2 is 0.544 bits per heavy atom. The van der Waals surface area contributed by atoms with Crippen LogP contribution in [0.4, 0.5) is 13.2 Å². The van der Waals surface area contributed by atoms with Crippen LogP contribution in [0.1, 0.15) is 67.0 Å². The minimum atomic E-state index is -0.999. The fourth-order valence-electron chi connectivity index (χ4n) is 15.1. The van der Waals surface area contributed by atoms with Crippen LogP contribution in [0.2, 0.25) is 0 Å². The normalized spacial score (nSPS) is 10.6.